The summed E-state index contributed by atoms with van der Waals surface area (Å²) in [6, 6.07) is 0.678. The van der Waals surface area contributed by atoms with Crippen molar-refractivity contribution in [2.24, 2.45) is 0 Å². The topological polar surface area (TPSA) is 68.8 Å². The zero-order valence-electron chi connectivity index (χ0n) is 13.0. The fourth-order valence-corrected chi connectivity index (χ4v) is 1.96. The van der Waals surface area contributed by atoms with Crippen molar-refractivity contribution >= 4 is 6.09 Å². The highest BCUT2D eigenvalue weighted by Gasteiger charge is 2.31. The predicted octanol–water partition coefficient (Wildman–Crippen LogP) is 1.29. The number of alkyl carbamates (subject to hydrolysis) is 1. The Labute approximate surface area is 121 Å². The van der Waals surface area contributed by atoms with Gasteiger partial charge in [0.1, 0.15) is 5.60 Å². The molecule has 0 saturated heterocycles. The molecule has 0 atom stereocenters. The summed E-state index contributed by atoms with van der Waals surface area (Å²) in [5, 5.41) is 6.26. The molecule has 1 rings (SSSR count). The molecule has 118 valence electrons. The number of carbonyl (C=O) groups excluding carboxylic acids is 1. The predicted molar refractivity (Wildman–Crippen MR) is 76.9 cm³/mol. The van der Waals surface area contributed by atoms with Gasteiger partial charge in [0.25, 0.3) is 0 Å². The van der Waals surface area contributed by atoms with Crippen LogP contribution in [0.1, 0.15) is 33.6 Å². The maximum atomic E-state index is 11.5. The lowest BCUT2D eigenvalue weighted by Crippen LogP contribution is -2.53. The Morgan fingerprint density at radius 2 is 1.85 bits per heavy atom. The Kier molecular flexibility index (Phi) is 7.26. The second-order valence-corrected chi connectivity index (χ2v) is 6.07. The molecule has 0 heterocycles. The Morgan fingerprint density at radius 1 is 1.15 bits per heavy atom. The molecule has 0 spiro atoms. The van der Waals surface area contributed by atoms with Gasteiger partial charge in [-0.15, -0.1) is 0 Å². The van der Waals surface area contributed by atoms with Crippen molar-refractivity contribution in [1.29, 1.82) is 0 Å². The first-order valence-corrected chi connectivity index (χ1v) is 7.20. The SMILES string of the molecule is COCCOCCNC1CC(NC(=O)OC(C)(C)C)C1. The summed E-state index contributed by atoms with van der Waals surface area (Å²) in [6.45, 7) is 8.36. The van der Waals surface area contributed by atoms with Crippen molar-refractivity contribution in [1.82, 2.24) is 10.6 Å². The van der Waals surface area contributed by atoms with Crippen molar-refractivity contribution < 1.29 is 19.0 Å². The molecule has 0 aromatic rings. The van der Waals surface area contributed by atoms with Crippen molar-refractivity contribution in [2.75, 3.05) is 33.5 Å². The third-order valence-electron chi connectivity index (χ3n) is 2.97. The second-order valence-electron chi connectivity index (χ2n) is 6.07. The number of nitrogens with one attached hydrogen (secondary N) is 2. The lowest BCUT2D eigenvalue weighted by Gasteiger charge is -2.36. The van der Waals surface area contributed by atoms with Gasteiger partial charge >= 0.3 is 6.09 Å². The third-order valence-corrected chi connectivity index (χ3v) is 2.97. The number of hydrogen-bond acceptors (Lipinski definition) is 5. The van der Waals surface area contributed by atoms with E-state index in [-0.39, 0.29) is 12.1 Å². The van der Waals surface area contributed by atoms with Crippen molar-refractivity contribution in [3.8, 4) is 0 Å². The molecular formula is C14H28N2O4. The highest BCUT2D eigenvalue weighted by molar-refractivity contribution is 5.68. The van der Waals surface area contributed by atoms with Crippen molar-refractivity contribution in [3.05, 3.63) is 0 Å². The Morgan fingerprint density at radius 3 is 2.45 bits per heavy atom. The average molecular weight is 288 g/mol. The van der Waals surface area contributed by atoms with E-state index in [9.17, 15) is 4.79 Å². The first-order valence-electron chi connectivity index (χ1n) is 7.20. The van der Waals surface area contributed by atoms with Gasteiger partial charge < -0.3 is 24.8 Å². The molecule has 6 heteroatoms. The van der Waals surface area contributed by atoms with Gasteiger partial charge in [0.15, 0.2) is 0 Å². The smallest absolute Gasteiger partial charge is 0.407 e. The number of carbonyl (C=O) groups is 1. The molecule has 1 amide bonds. The summed E-state index contributed by atoms with van der Waals surface area (Å²) in [4.78, 5) is 11.5. The molecule has 0 aromatic heterocycles. The van der Waals surface area contributed by atoms with E-state index in [0.29, 0.717) is 25.9 Å². The maximum absolute atomic E-state index is 11.5. The molecule has 0 aromatic carbocycles. The zero-order valence-corrected chi connectivity index (χ0v) is 13.0. The van der Waals surface area contributed by atoms with Gasteiger partial charge in [-0.05, 0) is 33.6 Å². The van der Waals surface area contributed by atoms with Crippen LogP contribution in [0.4, 0.5) is 4.79 Å². The van der Waals surface area contributed by atoms with Crippen LogP contribution in [0, 0.1) is 0 Å². The van der Waals surface area contributed by atoms with Gasteiger partial charge in [0.2, 0.25) is 0 Å². The minimum absolute atomic E-state index is 0.219. The van der Waals surface area contributed by atoms with E-state index in [1.807, 2.05) is 20.8 Å². The normalized spacial score (nSPS) is 22.2. The zero-order chi connectivity index (χ0) is 15.0. The number of ether oxygens (including phenoxy) is 3. The Balaban J connectivity index is 1.96. The maximum Gasteiger partial charge on any atom is 0.407 e. The number of amides is 1. The average Bonchev–Trinajstić information content (AvgIpc) is 2.27. The molecule has 1 fully saturated rings. The Hall–Kier alpha value is -0.850. The van der Waals surface area contributed by atoms with Crippen LogP contribution in [0.5, 0.6) is 0 Å². The van der Waals surface area contributed by atoms with E-state index < -0.39 is 5.60 Å². The summed E-state index contributed by atoms with van der Waals surface area (Å²) in [7, 11) is 1.66. The van der Waals surface area contributed by atoms with Crippen LogP contribution >= 0.6 is 0 Å². The minimum Gasteiger partial charge on any atom is -0.444 e. The van der Waals surface area contributed by atoms with Crippen LogP contribution in [0.25, 0.3) is 0 Å². The quantitative estimate of drug-likeness (QED) is 0.659. The fourth-order valence-electron chi connectivity index (χ4n) is 1.96. The molecule has 0 aliphatic heterocycles. The summed E-state index contributed by atoms with van der Waals surface area (Å²) >= 11 is 0. The monoisotopic (exact) mass is 288 g/mol. The van der Waals surface area contributed by atoms with Crippen molar-refractivity contribution in [3.63, 3.8) is 0 Å². The second kappa shape index (κ2) is 8.44. The van der Waals surface area contributed by atoms with Gasteiger partial charge in [0.05, 0.1) is 19.8 Å². The molecule has 20 heavy (non-hydrogen) atoms. The Bertz CT molecular complexity index is 285. The first kappa shape index (κ1) is 17.2. The molecule has 6 nitrogen and oxygen atoms in total. The highest BCUT2D eigenvalue weighted by Crippen LogP contribution is 2.20. The highest BCUT2D eigenvalue weighted by atomic mass is 16.6. The van der Waals surface area contributed by atoms with Gasteiger partial charge in [-0.2, -0.15) is 0 Å². The summed E-state index contributed by atoms with van der Waals surface area (Å²) < 4.78 is 15.5. The first-order chi connectivity index (χ1) is 9.40. The molecule has 2 N–H and O–H groups in total. The van der Waals surface area contributed by atoms with Crippen LogP contribution in [-0.4, -0.2) is 57.3 Å². The fraction of sp³-hybridized carbons (Fsp3) is 0.929. The van der Waals surface area contributed by atoms with Crippen LogP contribution in [0.2, 0.25) is 0 Å². The standard InChI is InChI=1S/C14H28N2O4/c1-14(2,3)20-13(17)16-12-9-11(10-12)15-5-6-19-8-7-18-4/h11-12,15H,5-10H2,1-4H3,(H,16,17). The van der Waals surface area contributed by atoms with E-state index in [1.165, 1.54) is 0 Å². The summed E-state index contributed by atoms with van der Waals surface area (Å²) in [5.74, 6) is 0. The summed E-state index contributed by atoms with van der Waals surface area (Å²) in [6.07, 6.45) is 1.55. The number of rotatable bonds is 8. The van der Waals surface area contributed by atoms with Crippen LogP contribution in [0.15, 0.2) is 0 Å². The minimum atomic E-state index is -0.439. The largest absolute Gasteiger partial charge is 0.444 e. The van der Waals surface area contributed by atoms with Gasteiger partial charge in [-0.3, -0.25) is 0 Å². The van der Waals surface area contributed by atoms with Gasteiger partial charge in [-0.25, -0.2) is 4.79 Å². The van der Waals surface area contributed by atoms with Gasteiger partial charge in [0, 0.05) is 25.7 Å². The molecule has 0 bridgehead atoms. The van der Waals surface area contributed by atoms with Crippen LogP contribution in [0.3, 0.4) is 0 Å². The van der Waals surface area contributed by atoms with E-state index in [2.05, 4.69) is 10.6 Å². The van der Waals surface area contributed by atoms with Crippen LogP contribution < -0.4 is 10.6 Å². The van der Waals surface area contributed by atoms with Gasteiger partial charge in [-0.1, -0.05) is 0 Å². The van der Waals surface area contributed by atoms with E-state index in [1.54, 1.807) is 7.11 Å². The summed E-state index contributed by atoms with van der Waals surface area (Å²) in [5.41, 5.74) is -0.439. The molecule has 1 aliphatic rings. The molecular weight excluding hydrogens is 260 g/mol. The lowest BCUT2D eigenvalue weighted by atomic mass is 9.87. The van der Waals surface area contributed by atoms with E-state index in [0.717, 1.165) is 19.4 Å². The number of methoxy groups -OCH3 is 1. The third kappa shape index (κ3) is 7.67. The number of hydrogen-bond donors (Lipinski definition) is 2. The van der Waals surface area contributed by atoms with Crippen molar-refractivity contribution in [2.45, 2.75) is 51.3 Å². The van der Waals surface area contributed by atoms with E-state index in [4.69, 9.17) is 14.2 Å². The van der Waals surface area contributed by atoms with E-state index >= 15 is 0 Å². The molecule has 1 aliphatic carbocycles. The van der Waals surface area contributed by atoms with Crippen LogP contribution in [-0.2, 0) is 14.2 Å². The lowest BCUT2D eigenvalue weighted by molar-refractivity contribution is 0.0457. The molecule has 1 saturated carbocycles. The molecule has 0 unspecified atom stereocenters. The molecule has 0 radical (unpaired) electrons.